The van der Waals surface area contributed by atoms with E-state index in [1.54, 1.807) is 7.11 Å². The van der Waals surface area contributed by atoms with Crippen molar-refractivity contribution in [3.63, 3.8) is 0 Å². The summed E-state index contributed by atoms with van der Waals surface area (Å²) in [5.74, 6) is 1.57. The van der Waals surface area contributed by atoms with Crippen LogP contribution in [0.4, 0.5) is 0 Å². The van der Waals surface area contributed by atoms with Gasteiger partial charge in [0, 0.05) is 12.5 Å². The van der Waals surface area contributed by atoms with Gasteiger partial charge in [0.05, 0.1) is 13.7 Å². The Morgan fingerprint density at radius 1 is 1.00 bits per heavy atom. The second-order valence-corrected chi connectivity index (χ2v) is 5.82. The predicted octanol–water partition coefficient (Wildman–Crippen LogP) is 3.99. The van der Waals surface area contributed by atoms with Crippen molar-refractivity contribution in [1.82, 2.24) is 0 Å². The fourth-order valence-electron chi connectivity index (χ4n) is 2.66. The lowest BCUT2D eigenvalue weighted by Gasteiger charge is -2.14. The Kier molecular flexibility index (Phi) is 6.95. The Morgan fingerprint density at radius 3 is 2.48 bits per heavy atom. The Balaban J connectivity index is 1.98. The average molecular weight is 313 g/mol. The van der Waals surface area contributed by atoms with E-state index in [4.69, 9.17) is 15.2 Å². The van der Waals surface area contributed by atoms with Crippen molar-refractivity contribution in [1.29, 1.82) is 0 Å². The Morgan fingerprint density at radius 2 is 1.78 bits per heavy atom. The topological polar surface area (TPSA) is 44.5 Å². The largest absolute Gasteiger partial charge is 0.493 e. The van der Waals surface area contributed by atoms with Crippen molar-refractivity contribution in [2.75, 3.05) is 13.7 Å². The molecule has 2 aromatic rings. The maximum Gasteiger partial charge on any atom is 0.161 e. The molecule has 2 N–H and O–H groups in total. The van der Waals surface area contributed by atoms with Crippen LogP contribution < -0.4 is 15.2 Å². The van der Waals surface area contributed by atoms with Crippen molar-refractivity contribution < 1.29 is 9.47 Å². The molecular formula is C20H27NO2. The monoisotopic (exact) mass is 313 g/mol. The molecule has 0 aromatic heterocycles. The van der Waals surface area contributed by atoms with Gasteiger partial charge in [-0.1, -0.05) is 49.7 Å². The number of rotatable bonds is 9. The molecule has 0 aliphatic heterocycles. The van der Waals surface area contributed by atoms with E-state index in [2.05, 4.69) is 31.2 Å². The molecule has 0 heterocycles. The molecule has 124 valence electrons. The van der Waals surface area contributed by atoms with Crippen molar-refractivity contribution in [3.05, 3.63) is 59.7 Å². The molecule has 3 heteroatoms. The minimum atomic E-state index is 0.200. The summed E-state index contributed by atoms with van der Waals surface area (Å²) in [6.07, 6.45) is 3.89. The third-order valence-corrected chi connectivity index (χ3v) is 3.88. The summed E-state index contributed by atoms with van der Waals surface area (Å²) in [6.45, 7) is 2.79. The maximum atomic E-state index is 6.14. The second kappa shape index (κ2) is 9.21. The molecule has 23 heavy (non-hydrogen) atoms. The zero-order chi connectivity index (χ0) is 16.5. The highest BCUT2D eigenvalue weighted by molar-refractivity contribution is 5.43. The molecule has 1 unspecified atom stereocenters. The van der Waals surface area contributed by atoms with Crippen LogP contribution in [0.1, 0.15) is 30.9 Å². The average Bonchev–Trinajstić information content (AvgIpc) is 2.56. The second-order valence-electron chi connectivity index (χ2n) is 5.82. The van der Waals surface area contributed by atoms with Crippen molar-refractivity contribution in [2.45, 2.75) is 38.6 Å². The molecule has 0 aliphatic rings. The Labute approximate surface area is 139 Å². The molecular weight excluding hydrogens is 286 g/mol. The van der Waals surface area contributed by atoms with Crippen LogP contribution in [-0.2, 0) is 12.8 Å². The van der Waals surface area contributed by atoms with Gasteiger partial charge >= 0.3 is 0 Å². The maximum absolute atomic E-state index is 6.14. The molecule has 0 bridgehead atoms. The molecule has 0 aliphatic carbocycles. The Bertz CT molecular complexity index is 583. The highest BCUT2D eigenvalue weighted by atomic mass is 16.5. The van der Waals surface area contributed by atoms with Gasteiger partial charge in [0.15, 0.2) is 11.5 Å². The third kappa shape index (κ3) is 5.61. The first-order valence-electron chi connectivity index (χ1n) is 8.32. The molecule has 2 rings (SSSR count). The van der Waals surface area contributed by atoms with Crippen LogP contribution in [0.25, 0.3) is 0 Å². The molecule has 2 aromatic carbocycles. The van der Waals surface area contributed by atoms with Gasteiger partial charge in [-0.2, -0.15) is 0 Å². The Hall–Kier alpha value is -2.00. The molecule has 0 saturated heterocycles. The van der Waals surface area contributed by atoms with Crippen LogP contribution in [0.2, 0.25) is 0 Å². The van der Waals surface area contributed by atoms with Gasteiger partial charge in [-0.15, -0.1) is 0 Å². The predicted molar refractivity (Wildman–Crippen MR) is 95.2 cm³/mol. The summed E-state index contributed by atoms with van der Waals surface area (Å²) in [5.41, 5.74) is 8.61. The molecule has 0 fully saturated rings. The van der Waals surface area contributed by atoms with Crippen LogP contribution in [0.5, 0.6) is 11.5 Å². The van der Waals surface area contributed by atoms with Gasteiger partial charge in [0.25, 0.3) is 0 Å². The zero-order valence-electron chi connectivity index (χ0n) is 14.1. The van der Waals surface area contributed by atoms with E-state index in [0.29, 0.717) is 6.61 Å². The zero-order valence-corrected chi connectivity index (χ0v) is 14.1. The van der Waals surface area contributed by atoms with Crippen LogP contribution in [0, 0.1) is 0 Å². The van der Waals surface area contributed by atoms with Gasteiger partial charge in [0.1, 0.15) is 0 Å². The van der Waals surface area contributed by atoms with Crippen LogP contribution >= 0.6 is 0 Å². The molecule has 0 spiro atoms. The van der Waals surface area contributed by atoms with Gasteiger partial charge in [-0.05, 0) is 36.1 Å². The van der Waals surface area contributed by atoms with E-state index in [1.807, 2.05) is 24.3 Å². The van der Waals surface area contributed by atoms with Crippen LogP contribution in [0.15, 0.2) is 48.5 Å². The van der Waals surface area contributed by atoms with E-state index in [9.17, 15) is 0 Å². The molecule has 3 nitrogen and oxygen atoms in total. The molecule has 0 saturated carbocycles. The molecule has 0 radical (unpaired) electrons. The fraction of sp³-hybridized carbons (Fsp3) is 0.400. The number of ether oxygens (including phenoxy) is 2. The van der Waals surface area contributed by atoms with Crippen molar-refractivity contribution >= 4 is 0 Å². The van der Waals surface area contributed by atoms with E-state index in [-0.39, 0.29) is 6.04 Å². The summed E-state index contributed by atoms with van der Waals surface area (Å²) >= 11 is 0. The van der Waals surface area contributed by atoms with E-state index >= 15 is 0 Å². The number of hydrogen-bond acceptors (Lipinski definition) is 3. The number of hydrogen-bond donors (Lipinski definition) is 1. The first kappa shape index (κ1) is 17.4. The van der Waals surface area contributed by atoms with Crippen molar-refractivity contribution in [3.8, 4) is 11.5 Å². The first-order chi connectivity index (χ1) is 11.2. The SMILES string of the molecule is CCCC(N)Cc1ccc(OC)c(OCCc2ccccc2)c1. The lowest BCUT2D eigenvalue weighted by Crippen LogP contribution is -2.22. The summed E-state index contributed by atoms with van der Waals surface area (Å²) in [4.78, 5) is 0. The summed E-state index contributed by atoms with van der Waals surface area (Å²) in [5, 5.41) is 0. The number of nitrogens with two attached hydrogens (primary N) is 1. The summed E-state index contributed by atoms with van der Waals surface area (Å²) < 4.78 is 11.3. The summed E-state index contributed by atoms with van der Waals surface area (Å²) in [7, 11) is 1.67. The summed E-state index contributed by atoms with van der Waals surface area (Å²) in [6, 6.07) is 16.6. The van der Waals surface area contributed by atoms with Gasteiger partial charge in [0.2, 0.25) is 0 Å². The minimum absolute atomic E-state index is 0.200. The highest BCUT2D eigenvalue weighted by Gasteiger charge is 2.09. The van der Waals surface area contributed by atoms with E-state index in [1.165, 1.54) is 11.1 Å². The first-order valence-corrected chi connectivity index (χ1v) is 8.32. The van der Waals surface area contributed by atoms with Crippen LogP contribution in [0.3, 0.4) is 0 Å². The number of benzene rings is 2. The molecule has 1 atom stereocenters. The standard InChI is InChI=1S/C20H27NO2/c1-3-7-18(21)14-17-10-11-19(22-2)20(15-17)23-13-12-16-8-5-4-6-9-16/h4-6,8-11,15,18H,3,7,12-14,21H2,1-2H3. The van der Waals surface area contributed by atoms with Gasteiger partial charge < -0.3 is 15.2 Å². The highest BCUT2D eigenvalue weighted by Crippen LogP contribution is 2.28. The minimum Gasteiger partial charge on any atom is -0.493 e. The van der Waals surface area contributed by atoms with Crippen LogP contribution in [-0.4, -0.2) is 19.8 Å². The smallest absolute Gasteiger partial charge is 0.161 e. The van der Waals surface area contributed by atoms with E-state index < -0.39 is 0 Å². The normalized spacial score (nSPS) is 12.0. The molecule has 0 amide bonds. The van der Waals surface area contributed by atoms with Gasteiger partial charge in [-0.3, -0.25) is 0 Å². The van der Waals surface area contributed by atoms with Gasteiger partial charge in [-0.25, -0.2) is 0 Å². The van der Waals surface area contributed by atoms with E-state index in [0.717, 1.165) is 37.2 Å². The number of methoxy groups -OCH3 is 1. The quantitative estimate of drug-likeness (QED) is 0.761. The lowest BCUT2D eigenvalue weighted by atomic mass is 10.0. The van der Waals surface area contributed by atoms with Crippen molar-refractivity contribution in [2.24, 2.45) is 5.73 Å². The third-order valence-electron chi connectivity index (χ3n) is 3.88. The lowest BCUT2D eigenvalue weighted by molar-refractivity contribution is 0.297. The fourth-order valence-corrected chi connectivity index (χ4v) is 2.66.